The topological polar surface area (TPSA) is 21.3 Å². The third kappa shape index (κ3) is 2.45. The van der Waals surface area contributed by atoms with Crippen molar-refractivity contribution < 1.29 is 4.74 Å². The van der Waals surface area contributed by atoms with E-state index >= 15 is 0 Å². The molecule has 18 heavy (non-hydrogen) atoms. The molecule has 1 saturated carbocycles. The van der Waals surface area contributed by atoms with Crippen LogP contribution in [0.1, 0.15) is 43.4 Å². The first-order chi connectivity index (χ1) is 8.86. The van der Waals surface area contributed by atoms with E-state index in [4.69, 9.17) is 4.74 Å². The van der Waals surface area contributed by atoms with Gasteiger partial charge >= 0.3 is 0 Å². The van der Waals surface area contributed by atoms with E-state index in [0.717, 1.165) is 25.5 Å². The van der Waals surface area contributed by atoms with Crippen LogP contribution in [0.3, 0.4) is 0 Å². The molecule has 3 rings (SSSR count). The molecule has 0 aromatic heterocycles. The standard InChI is InChI=1S/C16H23NO/c1-2-12-6-8-13(9-7-12)16-10-17-15-5-3-4-14(15)11-18-16/h6-9,14-17H,2-5,10-11H2,1H3. The highest BCUT2D eigenvalue weighted by atomic mass is 16.5. The number of hydrogen-bond acceptors (Lipinski definition) is 2. The average Bonchev–Trinajstić information content (AvgIpc) is 2.78. The zero-order valence-electron chi connectivity index (χ0n) is 11.2. The lowest BCUT2D eigenvalue weighted by atomic mass is 10.1. The van der Waals surface area contributed by atoms with Gasteiger partial charge in [-0.1, -0.05) is 37.6 Å². The molecular formula is C16H23NO. The van der Waals surface area contributed by atoms with Gasteiger partial charge in [-0.3, -0.25) is 0 Å². The summed E-state index contributed by atoms with van der Waals surface area (Å²) in [5, 5.41) is 3.70. The molecule has 1 aliphatic carbocycles. The first kappa shape index (κ1) is 12.2. The molecule has 0 spiro atoms. The molecule has 1 aromatic carbocycles. The van der Waals surface area contributed by atoms with E-state index in [-0.39, 0.29) is 6.10 Å². The fourth-order valence-electron chi connectivity index (χ4n) is 3.24. The largest absolute Gasteiger partial charge is 0.372 e. The number of rotatable bonds is 2. The predicted octanol–water partition coefficient (Wildman–Crippen LogP) is 3.08. The Hall–Kier alpha value is -0.860. The van der Waals surface area contributed by atoms with Gasteiger partial charge in [0.2, 0.25) is 0 Å². The van der Waals surface area contributed by atoms with Gasteiger partial charge in [0.25, 0.3) is 0 Å². The molecule has 1 N–H and O–H groups in total. The maximum Gasteiger partial charge on any atom is 0.0949 e. The maximum atomic E-state index is 6.11. The molecule has 0 amide bonds. The minimum atomic E-state index is 0.238. The van der Waals surface area contributed by atoms with Crippen molar-refractivity contribution in [2.75, 3.05) is 13.2 Å². The zero-order chi connectivity index (χ0) is 12.4. The summed E-state index contributed by atoms with van der Waals surface area (Å²) in [6.07, 6.45) is 5.37. The van der Waals surface area contributed by atoms with Crippen molar-refractivity contribution in [2.24, 2.45) is 5.92 Å². The highest BCUT2D eigenvalue weighted by Crippen LogP contribution is 2.31. The quantitative estimate of drug-likeness (QED) is 0.864. The molecule has 0 radical (unpaired) electrons. The van der Waals surface area contributed by atoms with E-state index in [1.54, 1.807) is 0 Å². The fraction of sp³-hybridized carbons (Fsp3) is 0.625. The van der Waals surface area contributed by atoms with Gasteiger partial charge < -0.3 is 10.1 Å². The molecule has 3 unspecified atom stereocenters. The smallest absolute Gasteiger partial charge is 0.0949 e. The van der Waals surface area contributed by atoms with E-state index in [0.29, 0.717) is 6.04 Å². The van der Waals surface area contributed by atoms with Crippen LogP contribution in [0.2, 0.25) is 0 Å². The van der Waals surface area contributed by atoms with Crippen molar-refractivity contribution in [1.82, 2.24) is 5.32 Å². The highest BCUT2D eigenvalue weighted by molar-refractivity contribution is 5.24. The Bertz CT molecular complexity index is 373. The molecule has 1 saturated heterocycles. The molecular weight excluding hydrogens is 222 g/mol. The number of benzene rings is 1. The van der Waals surface area contributed by atoms with Crippen LogP contribution in [0.15, 0.2) is 24.3 Å². The molecule has 1 aliphatic heterocycles. The monoisotopic (exact) mass is 245 g/mol. The van der Waals surface area contributed by atoms with Gasteiger partial charge in [0.15, 0.2) is 0 Å². The van der Waals surface area contributed by atoms with E-state index in [1.807, 2.05) is 0 Å². The maximum absolute atomic E-state index is 6.11. The van der Waals surface area contributed by atoms with Crippen molar-refractivity contribution in [3.63, 3.8) is 0 Å². The molecule has 0 bridgehead atoms. The van der Waals surface area contributed by atoms with E-state index in [1.165, 1.54) is 30.4 Å². The summed E-state index contributed by atoms with van der Waals surface area (Å²) in [6, 6.07) is 9.61. The van der Waals surface area contributed by atoms with Crippen molar-refractivity contribution in [1.29, 1.82) is 0 Å². The first-order valence-corrected chi connectivity index (χ1v) is 7.30. The SMILES string of the molecule is CCc1ccc(C2CNC3CCCC3CO2)cc1. The van der Waals surface area contributed by atoms with Gasteiger partial charge in [0.05, 0.1) is 12.7 Å². The highest BCUT2D eigenvalue weighted by Gasteiger charge is 2.31. The minimum Gasteiger partial charge on any atom is -0.372 e. The van der Waals surface area contributed by atoms with Crippen molar-refractivity contribution >= 4 is 0 Å². The fourth-order valence-corrected chi connectivity index (χ4v) is 3.24. The second-order valence-electron chi connectivity index (χ2n) is 5.62. The third-order valence-electron chi connectivity index (χ3n) is 4.50. The van der Waals surface area contributed by atoms with Crippen LogP contribution < -0.4 is 5.32 Å². The second-order valence-corrected chi connectivity index (χ2v) is 5.62. The minimum absolute atomic E-state index is 0.238. The van der Waals surface area contributed by atoms with Gasteiger partial charge in [0.1, 0.15) is 0 Å². The molecule has 2 nitrogen and oxygen atoms in total. The van der Waals surface area contributed by atoms with Gasteiger partial charge in [-0.05, 0) is 36.3 Å². The van der Waals surface area contributed by atoms with E-state index < -0.39 is 0 Å². The Morgan fingerprint density at radius 3 is 2.83 bits per heavy atom. The molecule has 1 heterocycles. The lowest BCUT2D eigenvalue weighted by molar-refractivity contribution is 0.0474. The van der Waals surface area contributed by atoms with Crippen LogP contribution in [0.4, 0.5) is 0 Å². The normalized spacial score (nSPS) is 31.9. The summed E-state index contributed by atoms with van der Waals surface area (Å²) in [5.41, 5.74) is 2.72. The summed E-state index contributed by atoms with van der Waals surface area (Å²) in [4.78, 5) is 0. The number of hydrogen-bond donors (Lipinski definition) is 1. The molecule has 2 aliphatic rings. The molecule has 2 heteroatoms. The molecule has 1 aromatic rings. The number of fused-ring (bicyclic) bond motifs is 1. The van der Waals surface area contributed by atoms with Crippen LogP contribution in [0.5, 0.6) is 0 Å². The Morgan fingerprint density at radius 1 is 1.22 bits per heavy atom. The summed E-state index contributed by atoms with van der Waals surface area (Å²) in [5.74, 6) is 0.741. The summed E-state index contributed by atoms with van der Waals surface area (Å²) in [6.45, 7) is 4.09. The van der Waals surface area contributed by atoms with Crippen molar-refractivity contribution in [2.45, 2.75) is 44.8 Å². The second kappa shape index (κ2) is 5.41. The Kier molecular flexibility index (Phi) is 3.67. The molecule has 2 fully saturated rings. The van der Waals surface area contributed by atoms with E-state index in [9.17, 15) is 0 Å². The predicted molar refractivity (Wildman–Crippen MR) is 73.6 cm³/mol. The van der Waals surface area contributed by atoms with Gasteiger partial charge in [-0.25, -0.2) is 0 Å². The van der Waals surface area contributed by atoms with Gasteiger partial charge in [0, 0.05) is 12.6 Å². The van der Waals surface area contributed by atoms with E-state index in [2.05, 4.69) is 36.5 Å². The van der Waals surface area contributed by atoms with Gasteiger partial charge in [-0.15, -0.1) is 0 Å². The Morgan fingerprint density at radius 2 is 2.06 bits per heavy atom. The summed E-state index contributed by atoms with van der Waals surface area (Å²) >= 11 is 0. The van der Waals surface area contributed by atoms with Crippen LogP contribution in [-0.2, 0) is 11.2 Å². The van der Waals surface area contributed by atoms with Gasteiger partial charge in [-0.2, -0.15) is 0 Å². The number of aryl methyl sites for hydroxylation is 1. The molecule has 3 atom stereocenters. The Balaban J connectivity index is 1.68. The first-order valence-electron chi connectivity index (χ1n) is 7.30. The van der Waals surface area contributed by atoms with Crippen molar-refractivity contribution in [3.05, 3.63) is 35.4 Å². The zero-order valence-corrected chi connectivity index (χ0v) is 11.2. The van der Waals surface area contributed by atoms with Crippen LogP contribution in [0.25, 0.3) is 0 Å². The lowest BCUT2D eigenvalue weighted by Gasteiger charge is -2.16. The molecule has 98 valence electrons. The lowest BCUT2D eigenvalue weighted by Crippen LogP contribution is -2.32. The summed E-state index contributed by atoms with van der Waals surface area (Å²) in [7, 11) is 0. The van der Waals surface area contributed by atoms with Crippen LogP contribution >= 0.6 is 0 Å². The number of ether oxygens (including phenoxy) is 1. The number of nitrogens with one attached hydrogen (secondary N) is 1. The van der Waals surface area contributed by atoms with Crippen LogP contribution in [0, 0.1) is 5.92 Å². The van der Waals surface area contributed by atoms with Crippen molar-refractivity contribution in [3.8, 4) is 0 Å². The average molecular weight is 245 g/mol. The van der Waals surface area contributed by atoms with Crippen LogP contribution in [-0.4, -0.2) is 19.2 Å². The third-order valence-corrected chi connectivity index (χ3v) is 4.50. The summed E-state index contributed by atoms with van der Waals surface area (Å²) < 4.78 is 6.11. The Labute approximate surface area is 110 Å².